The van der Waals surface area contributed by atoms with Crippen molar-refractivity contribution in [1.82, 2.24) is 0 Å². The summed E-state index contributed by atoms with van der Waals surface area (Å²) in [6, 6.07) is 0. The van der Waals surface area contributed by atoms with Crippen molar-refractivity contribution in [2.75, 3.05) is 0 Å². The Morgan fingerprint density at radius 2 is 1.43 bits per heavy atom. The fourth-order valence-electron chi connectivity index (χ4n) is 10.1. The molecule has 0 spiro atoms. The molecule has 0 aliphatic heterocycles. The van der Waals surface area contributed by atoms with E-state index in [1.807, 2.05) is 0 Å². The first-order valence-corrected chi connectivity index (χ1v) is 13.7. The molecule has 4 aliphatic rings. The van der Waals surface area contributed by atoms with Gasteiger partial charge in [-0.15, -0.1) is 0 Å². The molecule has 1 N–H and O–H groups in total. The highest BCUT2D eigenvalue weighted by molar-refractivity contribution is 5.12. The molecule has 9 unspecified atom stereocenters. The second-order valence-electron chi connectivity index (χ2n) is 13.9. The van der Waals surface area contributed by atoms with E-state index < -0.39 is 0 Å². The van der Waals surface area contributed by atoms with Gasteiger partial charge in [-0.25, -0.2) is 0 Å². The van der Waals surface area contributed by atoms with Crippen molar-refractivity contribution in [3.63, 3.8) is 0 Å². The van der Waals surface area contributed by atoms with Crippen LogP contribution in [0.3, 0.4) is 0 Å². The lowest BCUT2D eigenvalue weighted by Gasteiger charge is -2.64. The summed E-state index contributed by atoms with van der Waals surface area (Å²) in [5.74, 6) is 6.29. The van der Waals surface area contributed by atoms with Gasteiger partial charge < -0.3 is 5.11 Å². The maximum atomic E-state index is 10.8. The van der Waals surface area contributed by atoms with Crippen molar-refractivity contribution < 1.29 is 5.11 Å². The molecule has 0 aromatic rings. The third-order valence-corrected chi connectivity index (χ3v) is 11.8. The molecule has 0 heterocycles. The molecule has 30 heavy (non-hydrogen) atoms. The Bertz CT molecular complexity index is 607. The molecular formula is C29H52O. The maximum Gasteiger partial charge on any atom is 0.0594 e. The van der Waals surface area contributed by atoms with Gasteiger partial charge >= 0.3 is 0 Å². The van der Waals surface area contributed by atoms with Gasteiger partial charge in [0.1, 0.15) is 0 Å². The van der Waals surface area contributed by atoms with Gasteiger partial charge in [0.15, 0.2) is 0 Å². The van der Waals surface area contributed by atoms with Crippen LogP contribution in [-0.4, -0.2) is 11.2 Å². The molecule has 0 radical (unpaired) electrons. The van der Waals surface area contributed by atoms with Crippen molar-refractivity contribution in [3.05, 3.63) is 0 Å². The van der Waals surface area contributed by atoms with Gasteiger partial charge in [0.05, 0.1) is 6.10 Å². The van der Waals surface area contributed by atoms with E-state index in [2.05, 4.69) is 48.5 Å². The van der Waals surface area contributed by atoms with Crippen LogP contribution < -0.4 is 0 Å². The zero-order valence-electron chi connectivity index (χ0n) is 21.3. The van der Waals surface area contributed by atoms with Gasteiger partial charge in [0, 0.05) is 0 Å². The van der Waals surface area contributed by atoms with Gasteiger partial charge in [0.25, 0.3) is 0 Å². The van der Waals surface area contributed by atoms with E-state index in [4.69, 9.17) is 0 Å². The molecule has 4 aliphatic carbocycles. The molecule has 174 valence electrons. The first kappa shape index (κ1) is 23.1. The fourth-order valence-corrected chi connectivity index (χ4v) is 10.1. The maximum absolute atomic E-state index is 10.8. The van der Waals surface area contributed by atoms with Crippen LogP contribution in [0.15, 0.2) is 0 Å². The minimum atomic E-state index is -0.0940. The summed E-state index contributed by atoms with van der Waals surface area (Å²) < 4.78 is 0. The predicted molar refractivity (Wildman–Crippen MR) is 128 cm³/mol. The minimum Gasteiger partial charge on any atom is -0.393 e. The van der Waals surface area contributed by atoms with E-state index >= 15 is 0 Å². The van der Waals surface area contributed by atoms with E-state index in [1.165, 1.54) is 64.2 Å². The Morgan fingerprint density at radius 1 is 0.767 bits per heavy atom. The highest BCUT2D eigenvalue weighted by Crippen LogP contribution is 2.70. The molecular weight excluding hydrogens is 364 g/mol. The summed E-state index contributed by atoms with van der Waals surface area (Å²) in [6.45, 7) is 17.4. The van der Waals surface area contributed by atoms with Gasteiger partial charge in [0.2, 0.25) is 0 Å². The highest BCUT2D eigenvalue weighted by Gasteiger charge is 2.63. The summed E-state index contributed by atoms with van der Waals surface area (Å²) in [6.07, 6.45) is 15.2. The molecule has 0 aromatic heterocycles. The number of aliphatic hydroxyl groups is 1. The van der Waals surface area contributed by atoms with E-state index in [9.17, 15) is 5.11 Å². The summed E-state index contributed by atoms with van der Waals surface area (Å²) in [5, 5.41) is 10.8. The first-order chi connectivity index (χ1) is 14.0. The molecule has 4 saturated carbocycles. The number of hydrogen-bond donors (Lipinski definition) is 1. The Balaban J connectivity index is 1.50. The first-order valence-electron chi connectivity index (χ1n) is 13.7. The summed E-state index contributed by atoms with van der Waals surface area (Å²) >= 11 is 0. The number of hydrogen-bond acceptors (Lipinski definition) is 1. The highest BCUT2D eigenvalue weighted by atomic mass is 16.3. The van der Waals surface area contributed by atoms with Crippen LogP contribution in [0.5, 0.6) is 0 Å². The van der Waals surface area contributed by atoms with E-state index in [0.29, 0.717) is 16.7 Å². The van der Waals surface area contributed by atoms with Crippen molar-refractivity contribution in [1.29, 1.82) is 0 Å². The van der Waals surface area contributed by atoms with Gasteiger partial charge in [-0.05, 0) is 109 Å². The molecule has 0 amide bonds. The lowest BCUT2D eigenvalue weighted by Crippen LogP contribution is -2.59. The predicted octanol–water partition coefficient (Wildman–Crippen LogP) is 8.10. The monoisotopic (exact) mass is 416 g/mol. The minimum absolute atomic E-state index is 0.0940. The van der Waals surface area contributed by atoms with Crippen molar-refractivity contribution >= 4 is 0 Å². The van der Waals surface area contributed by atoms with Crippen LogP contribution in [-0.2, 0) is 0 Å². The van der Waals surface area contributed by atoms with Gasteiger partial charge in [-0.1, -0.05) is 67.7 Å². The third kappa shape index (κ3) is 3.52. The summed E-state index contributed by atoms with van der Waals surface area (Å²) in [4.78, 5) is 0. The Labute approximate surface area is 188 Å². The van der Waals surface area contributed by atoms with Crippen LogP contribution in [0.1, 0.15) is 119 Å². The largest absolute Gasteiger partial charge is 0.393 e. The normalized spacial score (nSPS) is 48.7. The fraction of sp³-hybridized carbons (Fsp3) is 1.00. The summed E-state index contributed by atoms with van der Waals surface area (Å²) in [7, 11) is 0. The Morgan fingerprint density at radius 3 is 2.13 bits per heavy atom. The van der Waals surface area contributed by atoms with E-state index in [-0.39, 0.29) is 11.5 Å². The van der Waals surface area contributed by atoms with Gasteiger partial charge in [-0.2, -0.15) is 0 Å². The Kier molecular flexibility index (Phi) is 6.22. The molecule has 0 saturated heterocycles. The van der Waals surface area contributed by atoms with E-state index in [1.54, 1.807) is 0 Å². The molecule has 0 bridgehead atoms. The number of aliphatic hydroxyl groups excluding tert-OH is 1. The average molecular weight is 417 g/mol. The Hall–Kier alpha value is -0.0400. The lowest BCUT2D eigenvalue weighted by atomic mass is 9.41. The number of rotatable bonds is 5. The second kappa shape index (κ2) is 8.07. The van der Waals surface area contributed by atoms with Crippen LogP contribution in [0.2, 0.25) is 0 Å². The topological polar surface area (TPSA) is 20.2 Å². The smallest absolute Gasteiger partial charge is 0.0594 e. The molecule has 1 heteroatoms. The van der Waals surface area contributed by atoms with Crippen LogP contribution in [0.4, 0.5) is 0 Å². The molecule has 9 atom stereocenters. The SMILES string of the molecule is CC(C)CCCC(C)C1CCC2C3CCC4C(C)(C)C(O)CCC4(C)C3CCC12C. The average Bonchev–Trinajstić information content (AvgIpc) is 3.02. The molecule has 4 rings (SSSR count). The standard InChI is InChI=1S/C29H52O/c1-19(2)9-8-10-20(3)22-12-13-23-21-11-14-25-27(4,5)26(30)16-18-29(25,7)24(21)15-17-28(22,23)6/h19-26,30H,8-18H2,1-7H3. The summed E-state index contributed by atoms with van der Waals surface area (Å²) in [5.41, 5.74) is 1.17. The van der Waals surface area contributed by atoms with E-state index in [0.717, 1.165) is 41.9 Å². The van der Waals surface area contributed by atoms with Crippen LogP contribution >= 0.6 is 0 Å². The zero-order valence-corrected chi connectivity index (χ0v) is 21.3. The number of fused-ring (bicyclic) bond motifs is 5. The zero-order chi connectivity index (χ0) is 21.9. The lowest BCUT2D eigenvalue weighted by molar-refractivity contribution is -0.179. The van der Waals surface area contributed by atoms with Crippen LogP contribution in [0.25, 0.3) is 0 Å². The van der Waals surface area contributed by atoms with Crippen molar-refractivity contribution in [2.45, 2.75) is 125 Å². The second-order valence-corrected chi connectivity index (χ2v) is 13.9. The molecule has 4 fully saturated rings. The molecule has 1 nitrogen and oxygen atoms in total. The van der Waals surface area contributed by atoms with Crippen LogP contribution in [0, 0.1) is 57.7 Å². The molecule has 0 aromatic carbocycles. The van der Waals surface area contributed by atoms with Gasteiger partial charge in [-0.3, -0.25) is 0 Å². The van der Waals surface area contributed by atoms with Crippen molar-refractivity contribution in [2.24, 2.45) is 57.7 Å². The third-order valence-electron chi connectivity index (χ3n) is 11.8. The van der Waals surface area contributed by atoms with Crippen molar-refractivity contribution in [3.8, 4) is 0 Å². The quantitative estimate of drug-likeness (QED) is 0.480.